The number of hydrogen-bond acceptors (Lipinski definition) is 4. The van der Waals surface area contributed by atoms with Gasteiger partial charge in [-0.2, -0.15) is 0 Å². The van der Waals surface area contributed by atoms with E-state index in [2.05, 4.69) is 53.8 Å². The Balaban J connectivity index is 0.000000852. The van der Waals surface area contributed by atoms with Gasteiger partial charge in [0.1, 0.15) is 18.1 Å². The van der Waals surface area contributed by atoms with Gasteiger partial charge in [-0.15, -0.1) is 0 Å². The molecule has 0 aromatic heterocycles. The highest BCUT2D eigenvalue weighted by Crippen LogP contribution is 2.34. The number of nitrogens with one attached hydrogen (secondary N) is 1. The number of carbonyl (C=O) groups is 2. The van der Waals surface area contributed by atoms with Crippen molar-refractivity contribution >= 4 is 17.4 Å². The van der Waals surface area contributed by atoms with Gasteiger partial charge in [-0.25, -0.2) is 0 Å². The number of rotatable bonds is 7. The molecule has 0 fully saturated rings. The zero-order valence-electron chi connectivity index (χ0n) is 22.5. The summed E-state index contributed by atoms with van der Waals surface area (Å²) in [6, 6.07) is 10.8. The maximum atomic E-state index is 12.3. The number of ether oxygens (including phenoxy) is 1. The topological polar surface area (TPSA) is 75.6 Å². The number of benzene rings is 2. The zero-order valence-corrected chi connectivity index (χ0v) is 22.5. The Bertz CT molecular complexity index is 948. The van der Waals surface area contributed by atoms with Gasteiger partial charge in [0.2, 0.25) is 5.91 Å². The molecule has 0 radical (unpaired) electrons. The van der Waals surface area contributed by atoms with Gasteiger partial charge in [-0.3, -0.25) is 9.59 Å². The van der Waals surface area contributed by atoms with E-state index in [-0.39, 0.29) is 23.7 Å². The van der Waals surface area contributed by atoms with Gasteiger partial charge < -0.3 is 15.2 Å². The summed E-state index contributed by atoms with van der Waals surface area (Å²) in [5.41, 5.74) is 3.80. The predicted octanol–water partition coefficient (Wildman–Crippen LogP) is 6.98. The summed E-state index contributed by atoms with van der Waals surface area (Å²) < 4.78 is 5.31. The number of aromatic hydroxyl groups is 1. The molecule has 5 heteroatoms. The standard InChI is InChI=1S/C23H29NO4.C6H14/c1-15-12-17(13-20(22(15)27)23(3,4)5)6-11-21(26)24-18-7-9-19(10-8-18)28-14-16(2)25;1-5-6(2,3)4/h7-10,12-13,27H,6,11,14H2,1-5H3,(H,24,26);5H2,1-4H3. The van der Waals surface area contributed by atoms with Crippen molar-refractivity contribution in [3.63, 3.8) is 0 Å². The lowest BCUT2D eigenvalue weighted by Crippen LogP contribution is -2.14. The van der Waals surface area contributed by atoms with Gasteiger partial charge in [0.25, 0.3) is 0 Å². The second-order valence-corrected chi connectivity index (χ2v) is 11.0. The summed E-state index contributed by atoms with van der Waals surface area (Å²) in [6.45, 7) is 18.5. The lowest BCUT2D eigenvalue weighted by atomic mass is 9.83. The second-order valence-electron chi connectivity index (χ2n) is 11.0. The van der Waals surface area contributed by atoms with Crippen molar-refractivity contribution in [1.29, 1.82) is 0 Å². The van der Waals surface area contributed by atoms with Gasteiger partial charge in [-0.1, -0.05) is 67.0 Å². The molecule has 188 valence electrons. The molecule has 2 aromatic carbocycles. The summed E-state index contributed by atoms with van der Waals surface area (Å²) in [4.78, 5) is 23.2. The van der Waals surface area contributed by atoms with Crippen LogP contribution in [0.3, 0.4) is 0 Å². The van der Waals surface area contributed by atoms with E-state index in [0.29, 0.717) is 35.4 Å². The molecule has 2 N–H and O–H groups in total. The molecule has 0 heterocycles. The lowest BCUT2D eigenvalue weighted by Gasteiger charge is -2.22. The Morgan fingerprint density at radius 1 is 1.00 bits per heavy atom. The zero-order chi connectivity index (χ0) is 26.1. The van der Waals surface area contributed by atoms with Crippen LogP contribution in [0.15, 0.2) is 36.4 Å². The number of phenolic OH excluding ortho intramolecular Hbond substituents is 1. The molecule has 0 spiro atoms. The van der Waals surface area contributed by atoms with E-state index in [1.807, 2.05) is 19.1 Å². The Labute approximate surface area is 205 Å². The van der Waals surface area contributed by atoms with E-state index in [9.17, 15) is 14.7 Å². The first-order chi connectivity index (χ1) is 15.6. The Morgan fingerprint density at radius 3 is 2.03 bits per heavy atom. The van der Waals surface area contributed by atoms with Crippen LogP contribution in [0.4, 0.5) is 5.69 Å². The van der Waals surface area contributed by atoms with Crippen LogP contribution >= 0.6 is 0 Å². The number of anilines is 1. The number of phenols is 1. The molecule has 0 bridgehead atoms. The van der Waals surface area contributed by atoms with E-state index >= 15 is 0 Å². The summed E-state index contributed by atoms with van der Waals surface area (Å²) >= 11 is 0. The van der Waals surface area contributed by atoms with Crippen molar-refractivity contribution < 1.29 is 19.4 Å². The van der Waals surface area contributed by atoms with E-state index in [1.54, 1.807) is 24.3 Å². The summed E-state index contributed by atoms with van der Waals surface area (Å²) in [6.07, 6.45) is 2.21. The SMILES string of the molecule is CC(=O)COc1ccc(NC(=O)CCc2cc(C)c(O)c(C(C)(C)C)c2)cc1.CCC(C)(C)C. The highest BCUT2D eigenvalue weighted by molar-refractivity contribution is 5.90. The lowest BCUT2D eigenvalue weighted by molar-refractivity contribution is -0.119. The molecule has 0 saturated carbocycles. The number of aryl methyl sites for hydroxylation is 2. The monoisotopic (exact) mass is 469 g/mol. The second kappa shape index (κ2) is 12.6. The maximum absolute atomic E-state index is 12.3. The largest absolute Gasteiger partial charge is 0.507 e. The maximum Gasteiger partial charge on any atom is 0.224 e. The van der Waals surface area contributed by atoms with Crippen LogP contribution in [-0.2, 0) is 21.4 Å². The van der Waals surface area contributed by atoms with E-state index in [0.717, 1.165) is 16.7 Å². The Hall–Kier alpha value is -2.82. The summed E-state index contributed by atoms with van der Waals surface area (Å²) in [7, 11) is 0. The fraction of sp³-hybridized carbons (Fsp3) is 0.517. The highest BCUT2D eigenvalue weighted by atomic mass is 16.5. The van der Waals surface area contributed by atoms with Crippen LogP contribution in [0.25, 0.3) is 0 Å². The van der Waals surface area contributed by atoms with Crippen LogP contribution < -0.4 is 10.1 Å². The van der Waals surface area contributed by atoms with E-state index in [1.165, 1.54) is 13.3 Å². The third-order valence-electron chi connectivity index (χ3n) is 5.45. The van der Waals surface area contributed by atoms with Crippen molar-refractivity contribution in [1.82, 2.24) is 0 Å². The first-order valence-corrected chi connectivity index (χ1v) is 12.0. The van der Waals surface area contributed by atoms with Gasteiger partial charge in [-0.05, 0) is 72.1 Å². The number of hydrogen-bond donors (Lipinski definition) is 2. The molecule has 0 unspecified atom stereocenters. The minimum atomic E-state index is -0.167. The number of Topliss-reactive ketones (excluding diaryl/α,β-unsaturated/α-hetero) is 1. The number of carbonyl (C=O) groups excluding carboxylic acids is 2. The molecular formula is C29H43NO4. The van der Waals surface area contributed by atoms with Crippen molar-refractivity contribution in [2.24, 2.45) is 5.41 Å². The van der Waals surface area contributed by atoms with Crippen molar-refractivity contribution in [2.45, 2.75) is 87.0 Å². The smallest absolute Gasteiger partial charge is 0.224 e. The average molecular weight is 470 g/mol. The van der Waals surface area contributed by atoms with Crippen LogP contribution in [0, 0.1) is 12.3 Å². The van der Waals surface area contributed by atoms with Crippen molar-refractivity contribution in [3.05, 3.63) is 53.1 Å². The first kappa shape index (κ1) is 29.2. The van der Waals surface area contributed by atoms with Gasteiger partial charge >= 0.3 is 0 Å². The molecule has 2 rings (SSSR count). The number of ketones is 1. The van der Waals surface area contributed by atoms with Crippen LogP contribution in [0.2, 0.25) is 0 Å². The van der Waals surface area contributed by atoms with Gasteiger partial charge in [0.15, 0.2) is 5.78 Å². The molecule has 2 aromatic rings. The van der Waals surface area contributed by atoms with Gasteiger partial charge in [0, 0.05) is 12.1 Å². The van der Waals surface area contributed by atoms with Crippen LogP contribution in [-0.4, -0.2) is 23.4 Å². The van der Waals surface area contributed by atoms with Crippen LogP contribution in [0.5, 0.6) is 11.5 Å². The summed E-state index contributed by atoms with van der Waals surface area (Å²) in [5.74, 6) is 0.784. The van der Waals surface area contributed by atoms with Crippen molar-refractivity contribution in [2.75, 3.05) is 11.9 Å². The molecule has 1 amide bonds. The molecule has 0 aliphatic carbocycles. The number of amides is 1. The van der Waals surface area contributed by atoms with Crippen molar-refractivity contribution in [3.8, 4) is 11.5 Å². The summed E-state index contributed by atoms with van der Waals surface area (Å²) in [5, 5.41) is 13.2. The Morgan fingerprint density at radius 2 is 1.56 bits per heavy atom. The molecule has 5 nitrogen and oxygen atoms in total. The highest BCUT2D eigenvalue weighted by Gasteiger charge is 2.20. The fourth-order valence-corrected chi connectivity index (χ4v) is 2.87. The van der Waals surface area contributed by atoms with E-state index < -0.39 is 0 Å². The predicted molar refractivity (Wildman–Crippen MR) is 141 cm³/mol. The molecule has 34 heavy (non-hydrogen) atoms. The van der Waals surface area contributed by atoms with E-state index in [4.69, 9.17) is 4.74 Å². The minimum Gasteiger partial charge on any atom is -0.507 e. The average Bonchev–Trinajstić information content (AvgIpc) is 2.73. The molecule has 0 saturated heterocycles. The Kier molecular flexibility index (Phi) is 10.8. The normalized spacial score (nSPS) is 11.3. The third kappa shape index (κ3) is 10.9. The minimum absolute atomic E-state index is 0.0360. The van der Waals surface area contributed by atoms with Gasteiger partial charge in [0.05, 0.1) is 0 Å². The van der Waals surface area contributed by atoms with Crippen LogP contribution in [0.1, 0.15) is 84.9 Å². The molecular weight excluding hydrogens is 426 g/mol. The quantitative estimate of drug-likeness (QED) is 0.459. The first-order valence-electron chi connectivity index (χ1n) is 12.0. The molecule has 0 aliphatic heterocycles. The molecule has 0 aliphatic rings. The molecule has 0 atom stereocenters. The fourth-order valence-electron chi connectivity index (χ4n) is 2.87. The third-order valence-corrected chi connectivity index (χ3v) is 5.45.